The Morgan fingerprint density at radius 3 is 2.27 bits per heavy atom. The lowest BCUT2D eigenvalue weighted by atomic mass is 9.95. The fourth-order valence-electron chi connectivity index (χ4n) is 1.67. The molecule has 1 N–H and O–H groups in total. The van der Waals surface area contributed by atoms with Crippen LogP contribution in [0.15, 0.2) is 0 Å². The molecule has 1 aliphatic rings. The van der Waals surface area contributed by atoms with Crippen LogP contribution in [-0.4, -0.2) is 22.6 Å². The molecule has 1 aliphatic carbocycles. The van der Waals surface area contributed by atoms with Gasteiger partial charge in [0.1, 0.15) is 5.60 Å². The summed E-state index contributed by atoms with van der Waals surface area (Å²) in [5.74, 6) is 0. The van der Waals surface area contributed by atoms with Gasteiger partial charge in [0.05, 0.1) is 0 Å². The van der Waals surface area contributed by atoms with Gasteiger partial charge in [0.25, 0.3) is 0 Å². The van der Waals surface area contributed by atoms with E-state index < -0.39 is 5.60 Å². The van der Waals surface area contributed by atoms with Crippen molar-refractivity contribution in [3.8, 4) is 0 Å². The topological polar surface area (TPSA) is 38.3 Å². The summed E-state index contributed by atoms with van der Waals surface area (Å²) in [6.45, 7) is 5.63. The van der Waals surface area contributed by atoms with E-state index in [0.717, 1.165) is 25.7 Å². The molecule has 15 heavy (non-hydrogen) atoms. The van der Waals surface area contributed by atoms with Crippen molar-refractivity contribution in [2.24, 2.45) is 0 Å². The van der Waals surface area contributed by atoms with Gasteiger partial charge in [-0.1, -0.05) is 15.9 Å². The van der Waals surface area contributed by atoms with Crippen LogP contribution in [0.4, 0.5) is 4.79 Å². The van der Waals surface area contributed by atoms with Gasteiger partial charge >= 0.3 is 6.09 Å². The molecule has 0 atom stereocenters. The summed E-state index contributed by atoms with van der Waals surface area (Å²) in [5, 5.41) is 2.91. The van der Waals surface area contributed by atoms with Gasteiger partial charge in [-0.15, -0.1) is 0 Å². The van der Waals surface area contributed by atoms with Crippen LogP contribution in [0.1, 0.15) is 46.5 Å². The van der Waals surface area contributed by atoms with Gasteiger partial charge in [0.2, 0.25) is 0 Å². The molecule has 0 aliphatic heterocycles. The lowest BCUT2D eigenvalue weighted by Gasteiger charge is -2.27. The van der Waals surface area contributed by atoms with Crippen molar-refractivity contribution in [2.75, 3.05) is 0 Å². The highest BCUT2D eigenvalue weighted by molar-refractivity contribution is 9.09. The Morgan fingerprint density at radius 1 is 1.27 bits per heavy atom. The van der Waals surface area contributed by atoms with E-state index >= 15 is 0 Å². The number of rotatable bonds is 1. The van der Waals surface area contributed by atoms with E-state index in [1.807, 2.05) is 20.8 Å². The van der Waals surface area contributed by atoms with Crippen molar-refractivity contribution in [1.29, 1.82) is 0 Å². The van der Waals surface area contributed by atoms with Crippen molar-refractivity contribution in [1.82, 2.24) is 5.32 Å². The molecular weight excluding hydrogens is 258 g/mol. The number of hydrogen-bond acceptors (Lipinski definition) is 2. The second-order valence-electron chi connectivity index (χ2n) is 5.10. The summed E-state index contributed by atoms with van der Waals surface area (Å²) in [4.78, 5) is 12.1. The molecule has 88 valence electrons. The zero-order valence-electron chi connectivity index (χ0n) is 9.68. The minimum atomic E-state index is -0.406. The number of hydrogen-bond donors (Lipinski definition) is 1. The van der Waals surface area contributed by atoms with Crippen LogP contribution in [0, 0.1) is 0 Å². The first-order valence-corrected chi connectivity index (χ1v) is 6.42. The van der Waals surface area contributed by atoms with Gasteiger partial charge in [-0.3, -0.25) is 0 Å². The Labute approximate surface area is 100 Å². The minimum absolute atomic E-state index is 0.286. The maximum absolute atomic E-state index is 11.5. The second kappa shape index (κ2) is 5.19. The number of carbonyl (C=O) groups is 1. The molecule has 0 aromatic rings. The van der Waals surface area contributed by atoms with E-state index in [-0.39, 0.29) is 12.1 Å². The van der Waals surface area contributed by atoms with E-state index in [0.29, 0.717) is 4.83 Å². The Kier molecular flexibility index (Phi) is 4.44. The van der Waals surface area contributed by atoms with Crippen molar-refractivity contribution in [3.05, 3.63) is 0 Å². The fourth-order valence-corrected chi connectivity index (χ4v) is 2.20. The molecule has 1 rings (SSSR count). The normalized spacial score (nSPS) is 27.2. The van der Waals surface area contributed by atoms with Gasteiger partial charge < -0.3 is 10.1 Å². The highest BCUT2D eigenvalue weighted by Crippen LogP contribution is 2.24. The minimum Gasteiger partial charge on any atom is -0.444 e. The number of alkyl carbamates (subject to hydrolysis) is 1. The molecule has 0 aromatic heterocycles. The van der Waals surface area contributed by atoms with Crippen LogP contribution in [0.3, 0.4) is 0 Å². The van der Waals surface area contributed by atoms with Gasteiger partial charge in [0, 0.05) is 10.9 Å². The molecule has 1 fully saturated rings. The molecule has 0 unspecified atom stereocenters. The van der Waals surface area contributed by atoms with E-state index in [2.05, 4.69) is 21.2 Å². The van der Waals surface area contributed by atoms with E-state index in [4.69, 9.17) is 4.74 Å². The van der Waals surface area contributed by atoms with E-state index in [1.54, 1.807) is 0 Å². The highest BCUT2D eigenvalue weighted by atomic mass is 79.9. The predicted octanol–water partition coefficient (Wildman–Crippen LogP) is 3.22. The van der Waals surface area contributed by atoms with Crippen molar-refractivity contribution in [3.63, 3.8) is 0 Å². The monoisotopic (exact) mass is 277 g/mol. The standard InChI is InChI=1S/C11H20BrNO2/c1-11(2,3)15-10(14)13-9-6-4-8(12)5-7-9/h8-9H,4-7H2,1-3H3,(H,13,14). The fraction of sp³-hybridized carbons (Fsp3) is 0.909. The largest absolute Gasteiger partial charge is 0.444 e. The summed E-state index contributed by atoms with van der Waals surface area (Å²) in [6.07, 6.45) is 4.03. The third-order valence-electron chi connectivity index (χ3n) is 2.38. The number of halogens is 1. The van der Waals surface area contributed by atoms with Crippen molar-refractivity contribution < 1.29 is 9.53 Å². The SMILES string of the molecule is CC(C)(C)OC(=O)NC1CCC(Br)CC1. The van der Waals surface area contributed by atoms with Gasteiger partial charge in [-0.25, -0.2) is 4.79 Å². The van der Waals surface area contributed by atoms with E-state index in [1.165, 1.54) is 0 Å². The number of ether oxygens (including phenoxy) is 1. The number of alkyl halides is 1. The highest BCUT2D eigenvalue weighted by Gasteiger charge is 2.23. The summed E-state index contributed by atoms with van der Waals surface area (Å²) >= 11 is 3.59. The molecule has 1 amide bonds. The van der Waals surface area contributed by atoms with Gasteiger partial charge in [-0.05, 0) is 46.5 Å². The Hall–Kier alpha value is -0.250. The average Bonchev–Trinajstić information content (AvgIpc) is 2.05. The van der Waals surface area contributed by atoms with E-state index in [9.17, 15) is 4.79 Å². The van der Waals surface area contributed by atoms with Crippen LogP contribution >= 0.6 is 15.9 Å². The Bertz CT molecular complexity index is 217. The van der Waals surface area contributed by atoms with Crippen LogP contribution < -0.4 is 5.32 Å². The summed E-state index contributed by atoms with van der Waals surface area (Å²) in [7, 11) is 0. The number of carbonyl (C=O) groups excluding carboxylic acids is 1. The van der Waals surface area contributed by atoms with Crippen LogP contribution in [0.25, 0.3) is 0 Å². The third-order valence-corrected chi connectivity index (χ3v) is 3.29. The molecular formula is C11H20BrNO2. The number of nitrogens with one attached hydrogen (secondary N) is 1. The zero-order valence-corrected chi connectivity index (χ0v) is 11.3. The molecule has 1 saturated carbocycles. The molecule has 0 radical (unpaired) electrons. The molecule has 0 bridgehead atoms. The first-order valence-electron chi connectivity index (χ1n) is 5.50. The molecule has 0 saturated heterocycles. The maximum atomic E-state index is 11.5. The van der Waals surface area contributed by atoms with Crippen LogP contribution in [0.5, 0.6) is 0 Å². The smallest absolute Gasteiger partial charge is 0.407 e. The lowest BCUT2D eigenvalue weighted by molar-refractivity contribution is 0.0494. The predicted molar refractivity (Wildman–Crippen MR) is 64.3 cm³/mol. The molecule has 3 nitrogen and oxygen atoms in total. The van der Waals surface area contributed by atoms with Gasteiger partial charge in [0.15, 0.2) is 0 Å². The van der Waals surface area contributed by atoms with Gasteiger partial charge in [-0.2, -0.15) is 0 Å². The average molecular weight is 278 g/mol. The summed E-state index contributed by atoms with van der Waals surface area (Å²) in [6, 6.07) is 0.286. The molecule has 0 spiro atoms. The zero-order chi connectivity index (χ0) is 11.5. The quantitative estimate of drug-likeness (QED) is 0.748. The third kappa shape index (κ3) is 5.40. The first kappa shape index (κ1) is 12.8. The van der Waals surface area contributed by atoms with Crippen LogP contribution in [0.2, 0.25) is 0 Å². The maximum Gasteiger partial charge on any atom is 0.407 e. The first-order chi connectivity index (χ1) is 6.87. The Balaban J connectivity index is 2.27. The molecule has 4 heteroatoms. The Morgan fingerprint density at radius 2 is 1.80 bits per heavy atom. The van der Waals surface area contributed by atoms with Crippen molar-refractivity contribution >= 4 is 22.0 Å². The molecule has 0 aromatic carbocycles. The summed E-state index contributed by atoms with van der Waals surface area (Å²) in [5.41, 5.74) is -0.406. The molecule has 0 heterocycles. The summed E-state index contributed by atoms with van der Waals surface area (Å²) < 4.78 is 5.21. The van der Waals surface area contributed by atoms with Crippen LogP contribution in [-0.2, 0) is 4.74 Å². The lowest BCUT2D eigenvalue weighted by Crippen LogP contribution is -2.41. The number of amides is 1. The second-order valence-corrected chi connectivity index (χ2v) is 6.39. The van der Waals surface area contributed by atoms with Crippen molar-refractivity contribution in [2.45, 2.75) is 62.9 Å².